The number of aryl methyl sites for hydroxylation is 1. The molecule has 6 rings (SSSR count). The van der Waals surface area contributed by atoms with Gasteiger partial charge in [0.1, 0.15) is 0 Å². The fraction of sp³-hybridized carbons (Fsp3) is 0.0938. The number of hydrogen-bond donors (Lipinski definition) is 0. The molecule has 4 aromatic rings. The topological polar surface area (TPSA) is 16.1 Å². The van der Waals surface area contributed by atoms with Crippen LogP contribution in [0.5, 0.6) is 0 Å². The van der Waals surface area contributed by atoms with E-state index in [2.05, 4.69) is 127 Å². The molecule has 0 amide bonds. The summed E-state index contributed by atoms with van der Waals surface area (Å²) < 4.78 is 0. The van der Waals surface area contributed by atoms with Crippen LogP contribution in [0.15, 0.2) is 121 Å². The third-order valence-corrected chi connectivity index (χ3v) is 6.87. The lowest BCUT2D eigenvalue weighted by Crippen LogP contribution is -2.28. The van der Waals surface area contributed by atoms with Crippen LogP contribution in [0.3, 0.4) is 0 Å². The van der Waals surface area contributed by atoms with E-state index in [9.17, 15) is 0 Å². The Kier molecular flexibility index (Phi) is 5.00. The highest BCUT2D eigenvalue weighted by Crippen LogP contribution is 2.46. The van der Waals surface area contributed by atoms with Gasteiger partial charge in [-0.1, -0.05) is 84.4 Å². The Morgan fingerprint density at radius 3 is 2.18 bits per heavy atom. The molecule has 0 fully saturated rings. The lowest BCUT2D eigenvalue weighted by molar-refractivity contribution is 0.395. The smallest absolute Gasteiger partial charge is 0.0781 e. The number of rotatable bonds is 3. The van der Waals surface area contributed by atoms with Crippen molar-refractivity contribution in [3.63, 3.8) is 0 Å². The highest BCUT2D eigenvalue weighted by molar-refractivity contribution is 5.92. The molecule has 0 saturated heterocycles. The fourth-order valence-electron chi connectivity index (χ4n) is 5.15. The van der Waals surface area contributed by atoms with Gasteiger partial charge >= 0.3 is 0 Å². The summed E-state index contributed by atoms with van der Waals surface area (Å²) in [5, 5.41) is 0. The maximum absolute atomic E-state index is 4.66. The summed E-state index contributed by atoms with van der Waals surface area (Å²) in [6.07, 6.45) is 8.74. The quantitative estimate of drug-likeness (QED) is 0.324. The standard InChI is InChI=1S/C32H26N2/c1-22-14-16-24(17-15-22)25-18-20-34-23(2)32(29-12-6-4-10-27(29)31(34)21-25)28-11-5-3-9-26(28)30-13-7-8-19-33-30/h3-21,31H,1-2H3. The van der Waals surface area contributed by atoms with Crippen LogP contribution in [0.2, 0.25) is 0 Å². The van der Waals surface area contributed by atoms with Crippen LogP contribution in [0.4, 0.5) is 0 Å². The Labute approximate surface area is 201 Å². The highest BCUT2D eigenvalue weighted by Gasteiger charge is 2.32. The molecule has 0 radical (unpaired) electrons. The van der Waals surface area contributed by atoms with Crippen molar-refractivity contribution >= 4 is 11.1 Å². The molecule has 2 aliphatic heterocycles. The van der Waals surface area contributed by atoms with Gasteiger partial charge in [0.15, 0.2) is 0 Å². The average Bonchev–Trinajstić information content (AvgIpc) is 2.90. The molecule has 0 saturated carbocycles. The predicted molar refractivity (Wildman–Crippen MR) is 141 cm³/mol. The first-order chi connectivity index (χ1) is 16.7. The second-order valence-corrected chi connectivity index (χ2v) is 8.96. The fourth-order valence-corrected chi connectivity index (χ4v) is 5.15. The maximum Gasteiger partial charge on any atom is 0.0781 e. The predicted octanol–water partition coefficient (Wildman–Crippen LogP) is 7.80. The minimum absolute atomic E-state index is 0.170. The zero-order chi connectivity index (χ0) is 23.1. The van der Waals surface area contributed by atoms with E-state index < -0.39 is 0 Å². The van der Waals surface area contributed by atoms with Crippen LogP contribution in [0.1, 0.15) is 40.8 Å². The van der Waals surface area contributed by atoms with Gasteiger partial charge in [0, 0.05) is 29.2 Å². The lowest BCUT2D eigenvalue weighted by atomic mass is 9.81. The summed E-state index contributed by atoms with van der Waals surface area (Å²) in [5.41, 5.74) is 12.3. The normalized spacial score (nSPS) is 16.7. The minimum atomic E-state index is 0.170. The van der Waals surface area contributed by atoms with Gasteiger partial charge in [0.25, 0.3) is 0 Å². The van der Waals surface area contributed by atoms with E-state index >= 15 is 0 Å². The van der Waals surface area contributed by atoms with Crippen molar-refractivity contribution in [2.75, 3.05) is 0 Å². The molecule has 0 bridgehead atoms. The summed E-state index contributed by atoms with van der Waals surface area (Å²) >= 11 is 0. The molecule has 2 nitrogen and oxygen atoms in total. The Balaban J connectivity index is 1.52. The Hall–Kier alpha value is -4.17. The average molecular weight is 439 g/mol. The Morgan fingerprint density at radius 2 is 1.41 bits per heavy atom. The maximum atomic E-state index is 4.66. The highest BCUT2D eigenvalue weighted by atomic mass is 15.2. The van der Waals surface area contributed by atoms with Crippen molar-refractivity contribution < 1.29 is 0 Å². The molecule has 1 atom stereocenters. The molecule has 0 spiro atoms. The third kappa shape index (κ3) is 3.39. The van der Waals surface area contributed by atoms with Gasteiger partial charge in [-0.15, -0.1) is 0 Å². The third-order valence-electron chi connectivity index (χ3n) is 6.87. The van der Waals surface area contributed by atoms with Crippen molar-refractivity contribution in [2.45, 2.75) is 19.9 Å². The van der Waals surface area contributed by atoms with E-state index in [4.69, 9.17) is 0 Å². The molecule has 2 heteroatoms. The molecule has 34 heavy (non-hydrogen) atoms. The number of nitrogens with zero attached hydrogens (tertiary/aromatic N) is 2. The molecule has 2 aliphatic rings. The largest absolute Gasteiger partial charge is 0.340 e. The van der Waals surface area contributed by atoms with Gasteiger partial charge in [-0.2, -0.15) is 0 Å². The van der Waals surface area contributed by atoms with Crippen LogP contribution < -0.4 is 0 Å². The molecule has 3 aromatic carbocycles. The molecular formula is C32H26N2. The van der Waals surface area contributed by atoms with E-state index in [1.165, 1.54) is 44.7 Å². The van der Waals surface area contributed by atoms with E-state index in [1.54, 1.807) is 0 Å². The van der Waals surface area contributed by atoms with Gasteiger partial charge in [-0.25, -0.2) is 0 Å². The minimum Gasteiger partial charge on any atom is -0.340 e. The summed E-state index contributed by atoms with van der Waals surface area (Å²) in [7, 11) is 0. The number of pyridine rings is 1. The molecule has 0 N–H and O–H groups in total. The number of aromatic nitrogens is 1. The summed E-state index contributed by atoms with van der Waals surface area (Å²) in [4.78, 5) is 7.06. The SMILES string of the molecule is CC1=C(c2ccccc2-c2ccccn2)c2ccccc2C2C=C(c3ccc(C)cc3)C=CN12. The van der Waals surface area contributed by atoms with Crippen molar-refractivity contribution in [3.05, 3.63) is 149 Å². The van der Waals surface area contributed by atoms with Crippen molar-refractivity contribution in [3.8, 4) is 11.3 Å². The van der Waals surface area contributed by atoms with Crippen molar-refractivity contribution in [2.24, 2.45) is 0 Å². The van der Waals surface area contributed by atoms with Gasteiger partial charge in [-0.05, 0) is 66.0 Å². The molecule has 164 valence electrons. The van der Waals surface area contributed by atoms with Crippen LogP contribution in [0.25, 0.3) is 22.4 Å². The van der Waals surface area contributed by atoms with Crippen LogP contribution >= 0.6 is 0 Å². The van der Waals surface area contributed by atoms with Crippen molar-refractivity contribution in [1.82, 2.24) is 9.88 Å². The number of fused-ring (bicyclic) bond motifs is 3. The van der Waals surface area contributed by atoms with Crippen LogP contribution in [0, 0.1) is 6.92 Å². The number of benzene rings is 3. The first-order valence-electron chi connectivity index (χ1n) is 11.8. The second-order valence-electron chi connectivity index (χ2n) is 8.96. The Bertz CT molecular complexity index is 1460. The molecule has 1 aromatic heterocycles. The van der Waals surface area contributed by atoms with E-state index in [0.29, 0.717) is 0 Å². The number of hydrogen-bond acceptors (Lipinski definition) is 2. The Morgan fingerprint density at radius 1 is 0.706 bits per heavy atom. The zero-order valence-electron chi connectivity index (χ0n) is 19.4. The van der Waals surface area contributed by atoms with Crippen LogP contribution in [-0.2, 0) is 0 Å². The first-order valence-corrected chi connectivity index (χ1v) is 11.8. The monoisotopic (exact) mass is 438 g/mol. The van der Waals surface area contributed by atoms with E-state index in [0.717, 1.165) is 11.3 Å². The molecular weight excluding hydrogens is 412 g/mol. The van der Waals surface area contributed by atoms with Gasteiger partial charge in [-0.3, -0.25) is 4.98 Å². The van der Waals surface area contributed by atoms with E-state index in [1.807, 2.05) is 12.3 Å². The number of allylic oxidation sites excluding steroid dienone is 3. The molecule has 0 aliphatic carbocycles. The molecule has 3 heterocycles. The summed E-state index contributed by atoms with van der Waals surface area (Å²) in [5.74, 6) is 0. The van der Waals surface area contributed by atoms with Gasteiger partial charge in [0.05, 0.1) is 11.7 Å². The van der Waals surface area contributed by atoms with Gasteiger partial charge in [0.2, 0.25) is 0 Å². The summed E-state index contributed by atoms with van der Waals surface area (Å²) in [6, 6.07) is 32.5. The van der Waals surface area contributed by atoms with Crippen molar-refractivity contribution in [1.29, 1.82) is 0 Å². The second kappa shape index (κ2) is 8.31. The van der Waals surface area contributed by atoms with E-state index in [-0.39, 0.29) is 6.04 Å². The summed E-state index contributed by atoms with van der Waals surface area (Å²) in [6.45, 7) is 4.37. The first kappa shape index (κ1) is 20.4. The zero-order valence-corrected chi connectivity index (χ0v) is 19.4. The molecule has 1 unspecified atom stereocenters. The van der Waals surface area contributed by atoms with Crippen LogP contribution in [-0.4, -0.2) is 9.88 Å². The lowest BCUT2D eigenvalue weighted by Gasteiger charge is -2.40. The van der Waals surface area contributed by atoms with Gasteiger partial charge < -0.3 is 4.90 Å².